The molecular weight excluding hydrogens is 636 g/mol. The minimum atomic E-state index is -1.44. The van der Waals surface area contributed by atoms with Gasteiger partial charge in [0, 0.05) is 6.42 Å². The van der Waals surface area contributed by atoms with E-state index >= 15 is 0 Å². The zero-order valence-electron chi connectivity index (χ0n) is 27.2. The van der Waals surface area contributed by atoms with E-state index in [1.54, 1.807) is 37.3 Å². The maximum Gasteiger partial charge on any atom is 0.310 e. The highest BCUT2D eigenvalue weighted by Crippen LogP contribution is 2.34. The fourth-order valence-electron chi connectivity index (χ4n) is 5.65. The van der Waals surface area contributed by atoms with Crippen LogP contribution < -0.4 is 29.9 Å². The van der Waals surface area contributed by atoms with Crippen LogP contribution in [0.2, 0.25) is 0 Å². The minimum Gasteiger partial charge on any atom is -0.496 e. The van der Waals surface area contributed by atoms with Crippen LogP contribution in [0, 0.1) is 0 Å². The molecule has 0 radical (unpaired) electrons. The molecule has 0 aliphatic carbocycles. The van der Waals surface area contributed by atoms with Crippen LogP contribution in [0.3, 0.4) is 0 Å². The van der Waals surface area contributed by atoms with Gasteiger partial charge in [0.15, 0.2) is 0 Å². The van der Waals surface area contributed by atoms with E-state index in [0.29, 0.717) is 5.69 Å². The first-order chi connectivity index (χ1) is 23.6. The van der Waals surface area contributed by atoms with Gasteiger partial charge in [0.2, 0.25) is 18.1 Å². The molecule has 0 bridgehead atoms. The van der Waals surface area contributed by atoms with Gasteiger partial charge in [-0.1, -0.05) is 55.5 Å². The molecule has 1 unspecified atom stereocenters. The second kappa shape index (κ2) is 15.4. The van der Waals surface area contributed by atoms with Crippen molar-refractivity contribution in [3.8, 4) is 11.5 Å². The number of benzene rings is 3. The van der Waals surface area contributed by atoms with Crippen molar-refractivity contribution < 1.29 is 47.7 Å². The van der Waals surface area contributed by atoms with E-state index < -0.39 is 54.4 Å². The number of amides is 4. The molecule has 3 atom stereocenters. The third-order valence-electron chi connectivity index (χ3n) is 8.03. The van der Waals surface area contributed by atoms with Gasteiger partial charge in [-0.05, 0) is 29.8 Å². The number of ketones is 1. The second-order valence-corrected chi connectivity index (χ2v) is 11.2. The monoisotopic (exact) mass is 672 g/mol. The molecule has 49 heavy (non-hydrogen) atoms. The van der Waals surface area contributed by atoms with Crippen molar-refractivity contribution in [1.82, 2.24) is 10.6 Å². The number of fused-ring (bicyclic) bond motifs is 1. The Morgan fingerprint density at radius 3 is 2.16 bits per heavy atom. The van der Waals surface area contributed by atoms with Gasteiger partial charge in [0.25, 0.3) is 17.6 Å². The molecule has 1 saturated heterocycles. The molecule has 14 nitrogen and oxygen atoms in total. The van der Waals surface area contributed by atoms with Crippen molar-refractivity contribution in [2.45, 2.75) is 44.7 Å². The van der Waals surface area contributed by atoms with Crippen LogP contribution in [-0.4, -0.2) is 81.1 Å². The van der Waals surface area contributed by atoms with Crippen LogP contribution in [0.5, 0.6) is 11.5 Å². The molecule has 0 spiro atoms. The Bertz CT molecular complexity index is 1720. The first-order valence-electron chi connectivity index (χ1n) is 15.6. The van der Waals surface area contributed by atoms with Crippen LogP contribution >= 0.6 is 0 Å². The second-order valence-electron chi connectivity index (χ2n) is 11.2. The van der Waals surface area contributed by atoms with Gasteiger partial charge >= 0.3 is 5.97 Å². The number of carbonyl (C=O) groups is 6. The van der Waals surface area contributed by atoms with E-state index in [2.05, 4.69) is 10.6 Å². The van der Waals surface area contributed by atoms with Gasteiger partial charge in [0.05, 0.1) is 45.2 Å². The van der Waals surface area contributed by atoms with E-state index in [1.165, 1.54) is 31.3 Å². The SMILES string of the molecule is CCC(=O)N1C[C@H](NC(=O)C(=O)c2c(OC)cccc2OC)C(=O)N(CC(=O)N[C@H]2CC(=O)OC2OCc2ccccc2)c2ccccc21. The molecule has 2 aliphatic rings. The molecule has 5 rings (SSSR count). The van der Waals surface area contributed by atoms with Gasteiger partial charge in [-0.15, -0.1) is 0 Å². The Morgan fingerprint density at radius 1 is 0.857 bits per heavy atom. The molecule has 3 aromatic carbocycles. The lowest BCUT2D eigenvalue weighted by atomic mass is 10.1. The molecule has 0 saturated carbocycles. The number of cyclic esters (lactones) is 1. The maximum atomic E-state index is 14.2. The molecule has 4 amide bonds. The van der Waals surface area contributed by atoms with Crippen LogP contribution in [0.15, 0.2) is 72.8 Å². The normalized spacial score (nSPS) is 18.6. The van der Waals surface area contributed by atoms with Crippen molar-refractivity contribution >= 4 is 46.8 Å². The smallest absolute Gasteiger partial charge is 0.310 e. The van der Waals surface area contributed by atoms with Crippen LogP contribution in [-0.2, 0) is 40.1 Å². The molecule has 3 aromatic rings. The van der Waals surface area contributed by atoms with Crippen molar-refractivity contribution in [1.29, 1.82) is 0 Å². The van der Waals surface area contributed by atoms with Crippen molar-refractivity contribution in [3.05, 3.63) is 83.9 Å². The number of carbonyl (C=O) groups excluding carboxylic acids is 6. The van der Waals surface area contributed by atoms with E-state index in [-0.39, 0.29) is 54.7 Å². The zero-order chi connectivity index (χ0) is 35.1. The fraction of sp³-hybridized carbons (Fsp3) is 0.314. The summed E-state index contributed by atoms with van der Waals surface area (Å²) in [6.45, 7) is 0.907. The molecule has 14 heteroatoms. The Morgan fingerprint density at radius 2 is 1.51 bits per heavy atom. The summed E-state index contributed by atoms with van der Waals surface area (Å²) >= 11 is 0. The standard InChI is InChI=1S/C35H36N4O10/c1-4-29(41)38-18-23(37-33(44)32(43)31-26(46-2)15-10-16-27(31)47-3)34(45)39(25-14-9-8-13-24(25)38)19-28(40)36-22-17-30(42)49-35(22)48-20-21-11-6-5-7-12-21/h5-16,22-23,35H,4,17-20H2,1-3H3,(H,36,40)(H,37,44)/t22-,23-,35?/m0/s1. The molecule has 256 valence electrons. The Balaban J connectivity index is 1.39. The lowest BCUT2D eigenvalue weighted by Crippen LogP contribution is -2.56. The lowest BCUT2D eigenvalue weighted by Gasteiger charge is -2.26. The van der Waals surface area contributed by atoms with Gasteiger partial charge in [-0.25, -0.2) is 0 Å². The molecule has 2 N–H and O–H groups in total. The molecule has 0 aromatic heterocycles. The van der Waals surface area contributed by atoms with E-state index in [4.69, 9.17) is 18.9 Å². The van der Waals surface area contributed by atoms with Crippen molar-refractivity contribution in [3.63, 3.8) is 0 Å². The minimum absolute atomic E-state index is 0.0705. The van der Waals surface area contributed by atoms with Crippen LogP contribution in [0.25, 0.3) is 0 Å². The third kappa shape index (κ3) is 7.70. The summed E-state index contributed by atoms with van der Waals surface area (Å²) in [7, 11) is 2.66. The van der Waals surface area contributed by atoms with E-state index in [9.17, 15) is 28.8 Å². The Kier molecular flexibility index (Phi) is 10.9. The summed E-state index contributed by atoms with van der Waals surface area (Å²) in [6.07, 6.45) is -1.14. The first kappa shape index (κ1) is 34.6. The highest BCUT2D eigenvalue weighted by atomic mass is 16.7. The number of nitrogens with one attached hydrogen (secondary N) is 2. The lowest BCUT2D eigenvalue weighted by molar-refractivity contribution is -0.168. The summed E-state index contributed by atoms with van der Waals surface area (Å²) in [4.78, 5) is 82.4. The Hall–Kier alpha value is -5.76. The number of methoxy groups -OCH3 is 2. The van der Waals surface area contributed by atoms with Crippen molar-refractivity contribution in [2.75, 3.05) is 37.1 Å². The molecular formula is C35H36N4O10. The zero-order valence-corrected chi connectivity index (χ0v) is 27.2. The molecule has 2 heterocycles. The predicted octanol–water partition coefficient (Wildman–Crippen LogP) is 2.14. The van der Waals surface area contributed by atoms with E-state index in [0.717, 1.165) is 10.5 Å². The van der Waals surface area contributed by atoms with Gasteiger partial charge in [0.1, 0.15) is 35.7 Å². The van der Waals surface area contributed by atoms with Crippen LogP contribution in [0.4, 0.5) is 11.4 Å². The number of Topliss-reactive ketones (excluding diaryl/α,β-unsaturated/α-hetero) is 1. The number of hydrogen-bond acceptors (Lipinski definition) is 10. The summed E-state index contributed by atoms with van der Waals surface area (Å²) in [5.41, 5.74) is 1.25. The van der Waals surface area contributed by atoms with Crippen molar-refractivity contribution in [2.24, 2.45) is 0 Å². The van der Waals surface area contributed by atoms with Gasteiger partial charge in [-0.2, -0.15) is 0 Å². The molecule has 1 fully saturated rings. The number of nitrogens with zero attached hydrogens (tertiary/aromatic N) is 2. The number of ether oxygens (including phenoxy) is 4. The number of anilines is 2. The topological polar surface area (TPSA) is 170 Å². The summed E-state index contributed by atoms with van der Waals surface area (Å²) in [6, 6.07) is 18.0. The summed E-state index contributed by atoms with van der Waals surface area (Å²) in [5.74, 6) is -4.35. The van der Waals surface area contributed by atoms with Crippen LogP contribution in [0.1, 0.15) is 35.7 Å². The predicted molar refractivity (Wildman–Crippen MR) is 175 cm³/mol. The number of hydrogen-bond donors (Lipinski definition) is 2. The first-order valence-corrected chi connectivity index (χ1v) is 15.6. The highest BCUT2D eigenvalue weighted by molar-refractivity contribution is 6.44. The third-order valence-corrected chi connectivity index (χ3v) is 8.03. The fourth-order valence-corrected chi connectivity index (χ4v) is 5.65. The number of para-hydroxylation sites is 2. The van der Waals surface area contributed by atoms with Gasteiger partial charge in [-0.3, -0.25) is 33.7 Å². The summed E-state index contributed by atoms with van der Waals surface area (Å²) < 4.78 is 21.6. The largest absolute Gasteiger partial charge is 0.496 e. The van der Waals surface area contributed by atoms with E-state index in [1.807, 2.05) is 30.3 Å². The number of rotatable bonds is 12. The quantitative estimate of drug-likeness (QED) is 0.165. The average Bonchev–Trinajstić information content (AvgIpc) is 3.43. The highest BCUT2D eigenvalue weighted by Gasteiger charge is 2.41. The molecule has 2 aliphatic heterocycles. The summed E-state index contributed by atoms with van der Waals surface area (Å²) in [5, 5.41) is 5.20. The number of esters is 1. The average molecular weight is 673 g/mol. The maximum absolute atomic E-state index is 14.2. The Labute approximate surface area is 282 Å². The van der Waals surface area contributed by atoms with Gasteiger partial charge < -0.3 is 34.5 Å².